The summed E-state index contributed by atoms with van der Waals surface area (Å²) < 4.78 is 0. The fourth-order valence-corrected chi connectivity index (χ4v) is 3.40. The van der Waals surface area contributed by atoms with Gasteiger partial charge in [-0.25, -0.2) is 0 Å². The zero-order valence-corrected chi connectivity index (χ0v) is 10.8. The van der Waals surface area contributed by atoms with E-state index >= 15 is 0 Å². The highest BCUT2D eigenvalue weighted by molar-refractivity contribution is 7.07. The molecule has 0 saturated heterocycles. The quantitative estimate of drug-likeness (QED) is 0.858. The van der Waals surface area contributed by atoms with E-state index in [1.807, 2.05) is 0 Å². The predicted molar refractivity (Wildman–Crippen MR) is 71.4 cm³/mol. The van der Waals surface area contributed by atoms with E-state index in [9.17, 15) is 5.11 Å². The molecule has 2 aromatic rings. The molecule has 0 amide bonds. The second kappa shape index (κ2) is 3.97. The Hall–Kier alpha value is -1.12. The molecule has 17 heavy (non-hydrogen) atoms. The van der Waals surface area contributed by atoms with Gasteiger partial charge < -0.3 is 5.11 Å². The lowest BCUT2D eigenvalue weighted by atomic mass is 9.89. The minimum absolute atomic E-state index is 0.650. The number of fused-ring (bicyclic) bond motifs is 1. The SMILES string of the molecule is Cc1ccc2c(c1)C(O)(Cc1ccsc1)CC2. The van der Waals surface area contributed by atoms with E-state index in [1.54, 1.807) is 11.3 Å². The van der Waals surface area contributed by atoms with Gasteiger partial charge in [0.15, 0.2) is 0 Å². The number of aliphatic hydroxyl groups is 1. The smallest absolute Gasteiger partial charge is 0.0942 e. The minimum Gasteiger partial charge on any atom is -0.385 e. The molecule has 0 saturated carbocycles. The highest BCUT2D eigenvalue weighted by Gasteiger charge is 2.36. The van der Waals surface area contributed by atoms with Gasteiger partial charge in [-0.05, 0) is 53.3 Å². The maximum atomic E-state index is 10.8. The summed E-state index contributed by atoms with van der Waals surface area (Å²) in [6.45, 7) is 2.09. The summed E-state index contributed by atoms with van der Waals surface area (Å²) in [5.41, 5.74) is 4.28. The molecule has 1 aliphatic rings. The van der Waals surface area contributed by atoms with Crippen molar-refractivity contribution < 1.29 is 5.11 Å². The first-order valence-electron chi connectivity index (χ1n) is 6.01. The van der Waals surface area contributed by atoms with Crippen LogP contribution >= 0.6 is 11.3 Å². The molecule has 2 heteroatoms. The van der Waals surface area contributed by atoms with E-state index in [4.69, 9.17) is 0 Å². The zero-order chi connectivity index (χ0) is 11.9. The fourth-order valence-electron chi connectivity index (χ4n) is 2.73. The van der Waals surface area contributed by atoms with Gasteiger partial charge in [0.05, 0.1) is 5.60 Å². The monoisotopic (exact) mass is 244 g/mol. The molecule has 1 unspecified atom stereocenters. The Morgan fingerprint density at radius 2 is 2.24 bits per heavy atom. The van der Waals surface area contributed by atoms with Gasteiger partial charge >= 0.3 is 0 Å². The Morgan fingerprint density at radius 3 is 3.00 bits per heavy atom. The van der Waals surface area contributed by atoms with Crippen molar-refractivity contribution in [2.45, 2.75) is 31.8 Å². The number of aryl methyl sites for hydroxylation is 2. The van der Waals surface area contributed by atoms with Gasteiger partial charge in [0.25, 0.3) is 0 Å². The number of hydrogen-bond acceptors (Lipinski definition) is 2. The van der Waals surface area contributed by atoms with Crippen LogP contribution in [0.15, 0.2) is 35.0 Å². The third-order valence-electron chi connectivity index (χ3n) is 3.65. The summed E-state index contributed by atoms with van der Waals surface area (Å²) in [6, 6.07) is 8.55. The van der Waals surface area contributed by atoms with E-state index in [0.29, 0.717) is 0 Å². The van der Waals surface area contributed by atoms with E-state index in [-0.39, 0.29) is 0 Å². The minimum atomic E-state index is -0.650. The topological polar surface area (TPSA) is 20.2 Å². The fraction of sp³-hybridized carbons (Fsp3) is 0.333. The summed E-state index contributed by atoms with van der Waals surface area (Å²) in [6.07, 6.45) is 2.59. The summed E-state index contributed by atoms with van der Waals surface area (Å²) in [7, 11) is 0. The molecule has 0 radical (unpaired) electrons. The molecule has 1 heterocycles. The van der Waals surface area contributed by atoms with Crippen LogP contribution in [0, 0.1) is 6.92 Å². The van der Waals surface area contributed by atoms with Gasteiger partial charge in [-0.2, -0.15) is 11.3 Å². The third-order valence-corrected chi connectivity index (χ3v) is 4.38. The second-order valence-corrected chi connectivity index (χ2v) is 5.78. The zero-order valence-electron chi connectivity index (χ0n) is 9.94. The maximum absolute atomic E-state index is 10.8. The van der Waals surface area contributed by atoms with Crippen molar-refractivity contribution in [3.8, 4) is 0 Å². The number of benzene rings is 1. The first-order chi connectivity index (χ1) is 8.17. The number of thiophene rings is 1. The van der Waals surface area contributed by atoms with E-state index in [0.717, 1.165) is 24.8 Å². The van der Waals surface area contributed by atoms with Gasteiger partial charge in [-0.1, -0.05) is 23.8 Å². The molecule has 1 nitrogen and oxygen atoms in total. The van der Waals surface area contributed by atoms with Crippen LogP contribution in [0.3, 0.4) is 0 Å². The standard InChI is InChI=1S/C15H16OS/c1-11-2-3-13-4-6-15(16,14(13)8-11)9-12-5-7-17-10-12/h2-3,5,7-8,10,16H,4,6,9H2,1H3. The highest BCUT2D eigenvalue weighted by Crippen LogP contribution is 2.40. The molecular formula is C15H16OS. The molecule has 1 aromatic heterocycles. The van der Waals surface area contributed by atoms with Crippen LogP contribution in [0.5, 0.6) is 0 Å². The lowest BCUT2D eigenvalue weighted by Gasteiger charge is -2.24. The largest absolute Gasteiger partial charge is 0.385 e. The molecule has 88 valence electrons. The summed E-state index contributed by atoms with van der Waals surface area (Å²) >= 11 is 1.70. The maximum Gasteiger partial charge on any atom is 0.0942 e. The van der Waals surface area contributed by atoms with Crippen LogP contribution in [0.1, 0.15) is 28.7 Å². The Kier molecular flexibility index (Phi) is 2.57. The third kappa shape index (κ3) is 1.92. The van der Waals surface area contributed by atoms with E-state index in [1.165, 1.54) is 16.7 Å². The van der Waals surface area contributed by atoms with Crippen LogP contribution in [0.2, 0.25) is 0 Å². The van der Waals surface area contributed by atoms with Crippen molar-refractivity contribution in [3.05, 3.63) is 57.3 Å². The van der Waals surface area contributed by atoms with Gasteiger partial charge in [0.1, 0.15) is 0 Å². The highest BCUT2D eigenvalue weighted by atomic mass is 32.1. The molecule has 0 fully saturated rings. The van der Waals surface area contributed by atoms with Crippen LogP contribution in [-0.4, -0.2) is 5.11 Å². The summed E-state index contributed by atoms with van der Waals surface area (Å²) in [4.78, 5) is 0. The van der Waals surface area contributed by atoms with Crippen molar-refractivity contribution in [2.75, 3.05) is 0 Å². The molecule has 1 atom stereocenters. The van der Waals surface area contributed by atoms with Crippen molar-refractivity contribution in [1.82, 2.24) is 0 Å². The van der Waals surface area contributed by atoms with Gasteiger partial charge in [-0.15, -0.1) is 0 Å². The van der Waals surface area contributed by atoms with Gasteiger partial charge in [-0.3, -0.25) is 0 Å². The normalized spacial score (nSPS) is 22.7. The van der Waals surface area contributed by atoms with Gasteiger partial charge in [0, 0.05) is 6.42 Å². The molecule has 1 aliphatic carbocycles. The van der Waals surface area contributed by atoms with Crippen molar-refractivity contribution in [1.29, 1.82) is 0 Å². The summed E-state index contributed by atoms with van der Waals surface area (Å²) in [5, 5.41) is 15.0. The van der Waals surface area contributed by atoms with Crippen LogP contribution in [0.4, 0.5) is 0 Å². The average molecular weight is 244 g/mol. The molecular weight excluding hydrogens is 228 g/mol. The molecule has 1 N–H and O–H groups in total. The van der Waals surface area contributed by atoms with Crippen LogP contribution in [0.25, 0.3) is 0 Å². The molecule has 3 rings (SSSR count). The molecule has 0 bridgehead atoms. The molecule has 0 aliphatic heterocycles. The number of hydrogen-bond donors (Lipinski definition) is 1. The first kappa shape index (κ1) is 11.0. The van der Waals surface area contributed by atoms with Crippen molar-refractivity contribution in [3.63, 3.8) is 0 Å². The Labute approximate surface area is 106 Å². The molecule has 1 aromatic carbocycles. The predicted octanol–water partition coefficient (Wildman–Crippen LogP) is 3.43. The molecule has 0 spiro atoms. The Morgan fingerprint density at radius 1 is 1.35 bits per heavy atom. The van der Waals surface area contributed by atoms with Crippen LogP contribution < -0.4 is 0 Å². The lowest BCUT2D eigenvalue weighted by Crippen LogP contribution is -2.25. The second-order valence-electron chi connectivity index (χ2n) is 5.00. The van der Waals surface area contributed by atoms with E-state index in [2.05, 4.69) is 41.9 Å². The van der Waals surface area contributed by atoms with Gasteiger partial charge in [0.2, 0.25) is 0 Å². The van der Waals surface area contributed by atoms with Crippen molar-refractivity contribution >= 4 is 11.3 Å². The van der Waals surface area contributed by atoms with Crippen LogP contribution in [-0.2, 0) is 18.4 Å². The van der Waals surface area contributed by atoms with Crippen molar-refractivity contribution in [2.24, 2.45) is 0 Å². The lowest BCUT2D eigenvalue weighted by molar-refractivity contribution is 0.0390. The van der Waals surface area contributed by atoms with E-state index < -0.39 is 5.60 Å². The summed E-state index contributed by atoms with van der Waals surface area (Å²) in [5.74, 6) is 0. The number of rotatable bonds is 2. The Bertz CT molecular complexity index is 530. The first-order valence-corrected chi connectivity index (χ1v) is 6.95. The average Bonchev–Trinajstić information content (AvgIpc) is 2.89. The Balaban J connectivity index is 1.98.